The molecule has 0 N–H and O–H groups in total. The lowest BCUT2D eigenvalue weighted by Crippen LogP contribution is -2.40. The van der Waals surface area contributed by atoms with E-state index in [2.05, 4.69) is 0 Å². The van der Waals surface area contributed by atoms with Gasteiger partial charge in [0.1, 0.15) is 12.4 Å². The molecule has 0 radical (unpaired) electrons. The molecule has 0 unspecified atom stereocenters. The standard InChI is InChI=1S/C16H17ClN2O4/c17-11-5-7-13(8-6-11)23-10-9-18-14(20)15(21)19(16(18)22)12-3-1-2-4-12/h5-8,12H,1-4,9-10H2. The highest BCUT2D eigenvalue weighted by Gasteiger charge is 2.47. The summed E-state index contributed by atoms with van der Waals surface area (Å²) < 4.78 is 5.48. The van der Waals surface area contributed by atoms with Gasteiger partial charge >= 0.3 is 17.8 Å². The van der Waals surface area contributed by atoms with Crippen molar-refractivity contribution in [3.05, 3.63) is 29.3 Å². The van der Waals surface area contributed by atoms with E-state index in [4.69, 9.17) is 16.3 Å². The summed E-state index contributed by atoms with van der Waals surface area (Å²) in [6.07, 6.45) is 3.52. The number of carbonyl (C=O) groups is 3. The monoisotopic (exact) mass is 336 g/mol. The highest BCUT2D eigenvalue weighted by atomic mass is 35.5. The van der Waals surface area contributed by atoms with Crippen molar-refractivity contribution in [1.82, 2.24) is 9.80 Å². The maximum Gasteiger partial charge on any atom is 0.334 e. The number of urea groups is 1. The van der Waals surface area contributed by atoms with Crippen molar-refractivity contribution in [2.45, 2.75) is 31.7 Å². The Kier molecular flexibility index (Phi) is 4.52. The predicted octanol–water partition coefficient (Wildman–Crippen LogP) is 2.45. The van der Waals surface area contributed by atoms with Gasteiger partial charge in [-0.1, -0.05) is 24.4 Å². The maximum atomic E-state index is 12.3. The summed E-state index contributed by atoms with van der Waals surface area (Å²) in [4.78, 5) is 38.5. The predicted molar refractivity (Wildman–Crippen MR) is 83.2 cm³/mol. The molecular weight excluding hydrogens is 320 g/mol. The van der Waals surface area contributed by atoms with Gasteiger partial charge in [0.2, 0.25) is 0 Å². The van der Waals surface area contributed by atoms with Crippen molar-refractivity contribution in [2.24, 2.45) is 0 Å². The molecule has 2 aliphatic rings. The second-order valence-electron chi connectivity index (χ2n) is 5.66. The lowest BCUT2D eigenvalue weighted by Gasteiger charge is -2.21. The van der Waals surface area contributed by atoms with E-state index >= 15 is 0 Å². The Labute approximate surface area is 138 Å². The molecule has 1 aromatic carbocycles. The zero-order chi connectivity index (χ0) is 16.4. The number of imide groups is 2. The summed E-state index contributed by atoms with van der Waals surface area (Å²) in [6, 6.07) is 6.12. The average Bonchev–Trinajstić information content (AvgIpc) is 3.12. The van der Waals surface area contributed by atoms with Crippen LogP contribution in [0.3, 0.4) is 0 Å². The molecule has 1 saturated carbocycles. The average molecular weight is 337 g/mol. The van der Waals surface area contributed by atoms with Crippen LogP contribution in [-0.4, -0.2) is 46.8 Å². The Morgan fingerprint density at radius 2 is 1.70 bits per heavy atom. The van der Waals surface area contributed by atoms with E-state index in [0.717, 1.165) is 35.5 Å². The molecule has 1 aromatic rings. The molecular formula is C16H17ClN2O4. The molecule has 0 spiro atoms. The van der Waals surface area contributed by atoms with E-state index in [-0.39, 0.29) is 19.2 Å². The quantitative estimate of drug-likeness (QED) is 0.612. The van der Waals surface area contributed by atoms with Gasteiger partial charge in [-0.3, -0.25) is 19.4 Å². The van der Waals surface area contributed by atoms with Crippen LogP contribution in [0.2, 0.25) is 5.02 Å². The van der Waals surface area contributed by atoms with Crippen LogP contribution < -0.4 is 4.74 Å². The topological polar surface area (TPSA) is 66.9 Å². The van der Waals surface area contributed by atoms with Crippen molar-refractivity contribution in [3.63, 3.8) is 0 Å². The second-order valence-corrected chi connectivity index (χ2v) is 6.09. The van der Waals surface area contributed by atoms with Gasteiger partial charge in [-0.05, 0) is 37.1 Å². The fourth-order valence-electron chi connectivity index (χ4n) is 2.99. The number of hydrogen-bond acceptors (Lipinski definition) is 4. The van der Waals surface area contributed by atoms with Crippen LogP contribution >= 0.6 is 11.6 Å². The Balaban J connectivity index is 1.59. The number of benzene rings is 1. The molecule has 6 nitrogen and oxygen atoms in total. The van der Waals surface area contributed by atoms with Gasteiger partial charge < -0.3 is 4.74 Å². The number of ether oxygens (including phenoxy) is 1. The van der Waals surface area contributed by atoms with E-state index in [9.17, 15) is 14.4 Å². The van der Waals surface area contributed by atoms with Crippen LogP contribution in [0.25, 0.3) is 0 Å². The van der Waals surface area contributed by atoms with Crippen molar-refractivity contribution < 1.29 is 19.1 Å². The van der Waals surface area contributed by atoms with Crippen molar-refractivity contribution in [2.75, 3.05) is 13.2 Å². The summed E-state index contributed by atoms with van der Waals surface area (Å²) in [5.41, 5.74) is 0. The van der Waals surface area contributed by atoms with Gasteiger partial charge in [0.05, 0.1) is 6.54 Å². The van der Waals surface area contributed by atoms with Gasteiger partial charge in [-0.2, -0.15) is 0 Å². The number of rotatable bonds is 5. The first-order valence-electron chi connectivity index (χ1n) is 7.65. The molecule has 2 fully saturated rings. The van der Waals surface area contributed by atoms with Crippen molar-refractivity contribution >= 4 is 29.4 Å². The fourth-order valence-corrected chi connectivity index (χ4v) is 3.12. The molecule has 122 valence electrons. The van der Waals surface area contributed by atoms with Crippen LogP contribution in [0.4, 0.5) is 4.79 Å². The first-order valence-corrected chi connectivity index (χ1v) is 8.03. The van der Waals surface area contributed by atoms with Gasteiger partial charge in [0.25, 0.3) is 0 Å². The molecule has 4 amide bonds. The van der Waals surface area contributed by atoms with Gasteiger partial charge in [0.15, 0.2) is 0 Å². The summed E-state index contributed by atoms with van der Waals surface area (Å²) in [7, 11) is 0. The smallest absolute Gasteiger partial charge is 0.334 e. The number of halogens is 1. The molecule has 0 bridgehead atoms. The van der Waals surface area contributed by atoms with E-state index in [1.54, 1.807) is 24.3 Å². The molecule has 1 saturated heterocycles. The zero-order valence-corrected chi connectivity index (χ0v) is 13.3. The molecule has 1 aliphatic carbocycles. The minimum atomic E-state index is -0.762. The summed E-state index contributed by atoms with van der Waals surface area (Å²) in [6.45, 7) is 0.181. The fraction of sp³-hybridized carbons (Fsp3) is 0.438. The molecule has 3 rings (SSSR count). The van der Waals surface area contributed by atoms with Crippen molar-refractivity contribution in [3.8, 4) is 5.75 Å². The van der Waals surface area contributed by atoms with Crippen LogP contribution in [-0.2, 0) is 9.59 Å². The molecule has 0 aromatic heterocycles. The summed E-state index contributed by atoms with van der Waals surface area (Å²) in [5, 5.41) is 0.597. The molecule has 0 atom stereocenters. The number of carbonyl (C=O) groups excluding carboxylic acids is 3. The Morgan fingerprint density at radius 1 is 1.04 bits per heavy atom. The van der Waals surface area contributed by atoms with Crippen LogP contribution in [0.1, 0.15) is 25.7 Å². The summed E-state index contributed by atoms with van der Waals surface area (Å²) >= 11 is 5.79. The summed E-state index contributed by atoms with van der Waals surface area (Å²) in [5.74, 6) is -0.887. The minimum Gasteiger partial charge on any atom is -0.492 e. The van der Waals surface area contributed by atoms with Crippen LogP contribution in [0.15, 0.2) is 24.3 Å². The zero-order valence-electron chi connectivity index (χ0n) is 12.5. The molecule has 7 heteroatoms. The maximum absolute atomic E-state index is 12.3. The van der Waals surface area contributed by atoms with Gasteiger partial charge in [0, 0.05) is 11.1 Å². The molecule has 1 aliphatic heterocycles. The van der Waals surface area contributed by atoms with Gasteiger partial charge in [-0.25, -0.2) is 4.79 Å². The van der Waals surface area contributed by atoms with Crippen molar-refractivity contribution in [1.29, 1.82) is 0 Å². The Bertz CT molecular complexity index is 625. The third-order valence-electron chi connectivity index (χ3n) is 4.17. The highest BCUT2D eigenvalue weighted by Crippen LogP contribution is 2.27. The molecule has 23 heavy (non-hydrogen) atoms. The van der Waals surface area contributed by atoms with E-state index in [0.29, 0.717) is 10.8 Å². The molecule has 1 heterocycles. The number of amides is 4. The number of nitrogens with zero attached hydrogens (tertiary/aromatic N) is 2. The third-order valence-corrected chi connectivity index (χ3v) is 4.42. The lowest BCUT2D eigenvalue weighted by molar-refractivity contribution is -0.144. The SMILES string of the molecule is O=C1C(=O)N(C2CCCC2)C(=O)N1CCOc1ccc(Cl)cc1. The van der Waals surface area contributed by atoms with E-state index in [1.807, 2.05) is 0 Å². The third kappa shape index (κ3) is 3.17. The van der Waals surface area contributed by atoms with Gasteiger partial charge in [-0.15, -0.1) is 0 Å². The van der Waals surface area contributed by atoms with E-state index < -0.39 is 17.8 Å². The second kappa shape index (κ2) is 6.58. The van der Waals surface area contributed by atoms with E-state index in [1.165, 1.54) is 0 Å². The minimum absolute atomic E-state index is 0.0508. The first-order chi connectivity index (χ1) is 11.1. The van der Waals surface area contributed by atoms with Crippen LogP contribution in [0, 0.1) is 0 Å². The highest BCUT2D eigenvalue weighted by molar-refractivity contribution is 6.44. The normalized spacial score (nSPS) is 19.1. The Morgan fingerprint density at radius 3 is 2.35 bits per heavy atom. The first kappa shape index (κ1) is 15.8. The van der Waals surface area contributed by atoms with Crippen LogP contribution in [0.5, 0.6) is 5.75 Å². The largest absolute Gasteiger partial charge is 0.492 e. The number of hydrogen-bond donors (Lipinski definition) is 0. The lowest BCUT2D eigenvalue weighted by atomic mass is 10.2. The Hall–Kier alpha value is -2.08.